The first kappa shape index (κ1) is 18.4. The average Bonchev–Trinajstić information content (AvgIpc) is 3.46. The molecule has 9 heteroatoms. The Balaban J connectivity index is 1.51. The summed E-state index contributed by atoms with van der Waals surface area (Å²) in [6, 6.07) is 7.82. The highest BCUT2D eigenvalue weighted by atomic mass is 35.5. The Morgan fingerprint density at radius 1 is 1.29 bits per heavy atom. The smallest absolute Gasteiger partial charge is 0.346 e. The van der Waals surface area contributed by atoms with E-state index in [0.717, 1.165) is 18.4 Å². The zero-order valence-electron chi connectivity index (χ0n) is 14.8. The van der Waals surface area contributed by atoms with Crippen molar-refractivity contribution in [2.75, 3.05) is 6.54 Å². The molecule has 2 heterocycles. The minimum absolute atomic E-state index is 0.0338. The van der Waals surface area contributed by atoms with Crippen molar-refractivity contribution in [1.82, 2.24) is 24.6 Å². The summed E-state index contributed by atoms with van der Waals surface area (Å²) in [6.45, 7) is 0.265. The maximum absolute atomic E-state index is 13.8. The lowest BCUT2D eigenvalue weighted by Gasteiger charge is -2.07. The summed E-state index contributed by atoms with van der Waals surface area (Å²) in [7, 11) is 0. The van der Waals surface area contributed by atoms with Crippen LogP contribution in [-0.4, -0.2) is 31.8 Å². The first-order valence-electron chi connectivity index (χ1n) is 8.88. The van der Waals surface area contributed by atoms with Crippen LogP contribution in [0, 0.1) is 5.82 Å². The molecule has 144 valence electrons. The highest BCUT2D eigenvalue weighted by molar-refractivity contribution is 6.33. The van der Waals surface area contributed by atoms with Crippen molar-refractivity contribution in [2.45, 2.75) is 25.4 Å². The number of benzene rings is 1. The minimum Gasteiger partial charge on any atom is -0.350 e. The van der Waals surface area contributed by atoms with Crippen molar-refractivity contribution in [2.24, 2.45) is 0 Å². The molecule has 0 bridgehead atoms. The Morgan fingerprint density at radius 2 is 2.11 bits per heavy atom. The maximum atomic E-state index is 13.8. The molecular formula is C19H17ClFN5O2. The second kappa shape index (κ2) is 7.55. The molecule has 1 aliphatic rings. The molecule has 1 N–H and O–H groups in total. The van der Waals surface area contributed by atoms with Gasteiger partial charge in [-0.25, -0.2) is 13.9 Å². The van der Waals surface area contributed by atoms with Crippen LogP contribution >= 0.6 is 11.6 Å². The Hall–Kier alpha value is -3.00. The first-order chi connectivity index (χ1) is 13.6. The summed E-state index contributed by atoms with van der Waals surface area (Å²) in [6.07, 6.45) is 5.18. The van der Waals surface area contributed by atoms with E-state index in [-0.39, 0.29) is 35.4 Å². The third-order valence-electron chi connectivity index (χ3n) is 4.50. The monoisotopic (exact) mass is 401 g/mol. The van der Waals surface area contributed by atoms with Gasteiger partial charge in [0.25, 0.3) is 5.91 Å². The van der Waals surface area contributed by atoms with Gasteiger partial charge >= 0.3 is 5.69 Å². The van der Waals surface area contributed by atoms with Gasteiger partial charge in [-0.1, -0.05) is 17.7 Å². The van der Waals surface area contributed by atoms with Gasteiger partial charge in [-0.15, -0.1) is 5.10 Å². The van der Waals surface area contributed by atoms with E-state index in [1.54, 1.807) is 23.0 Å². The molecule has 0 saturated heterocycles. The fraction of sp³-hybridized carbons (Fsp3) is 0.263. The van der Waals surface area contributed by atoms with Crippen molar-refractivity contribution < 1.29 is 9.18 Å². The number of carbonyl (C=O) groups is 1. The Bertz CT molecular complexity index is 1060. The third kappa shape index (κ3) is 3.55. The average molecular weight is 402 g/mol. The van der Waals surface area contributed by atoms with Gasteiger partial charge in [-0.3, -0.25) is 14.3 Å². The van der Waals surface area contributed by atoms with E-state index in [0.29, 0.717) is 5.82 Å². The second-order valence-corrected chi connectivity index (χ2v) is 6.93. The fourth-order valence-corrected chi connectivity index (χ4v) is 3.25. The first-order valence-corrected chi connectivity index (χ1v) is 9.26. The maximum Gasteiger partial charge on any atom is 0.346 e. The topological polar surface area (TPSA) is 81.8 Å². The lowest BCUT2D eigenvalue weighted by molar-refractivity contribution is 0.0948. The fourth-order valence-electron chi connectivity index (χ4n) is 3.00. The lowest BCUT2D eigenvalue weighted by Crippen LogP contribution is -2.32. The van der Waals surface area contributed by atoms with Crippen LogP contribution in [0.15, 0.2) is 47.5 Å². The van der Waals surface area contributed by atoms with Gasteiger partial charge in [0.2, 0.25) is 0 Å². The molecule has 1 saturated carbocycles. The van der Waals surface area contributed by atoms with Gasteiger partial charge < -0.3 is 5.32 Å². The number of nitrogens with zero attached hydrogens (tertiary/aromatic N) is 4. The summed E-state index contributed by atoms with van der Waals surface area (Å²) < 4.78 is 16.8. The van der Waals surface area contributed by atoms with E-state index in [1.807, 2.05) is 6.07 Å². The summed E-state index contributed by atoms with van der Waals surface area (Å²) in [5, 5.41) is 7.04. The van der Waals surface area contributed by atoms with Crippen LogP contribution in [0.25, 0.3) is 11.4 Å². The molecule has 1 amide bonds. The van der Waals surface area contributed by atoms with Gasteiger partial charge in [0.15, 0.2) is 5.82 Å². The number of nitrogens with one attached hydrogen (secondary N) is 1. The Kier molecular flexibility index (Phi) is 4.95. The van der Waals surface area contributed by atoms with Gasteiger partial charge in [0, 0.05) is 30.5 Å². The zero-order chi connectivity index (χ0) is 19.7. The molecule has 28 heavy (non-hydrogen) atoms. The van der Waals surface area contributed by atoms with Crippen LogP contribution in [0.2, 0.25) is 5.02 Å². The number of amides is 1. The molecule has 0 unspecified atom stereocenters. The second-order valence-electron chi connectivity index (χ2n) is 6.52. The van der Waals surface area contributed by atoms with E-state index >= 15 is 0 Å². The van der Waals surface area contributed by atoms with Crippen LogP contribution in [0.1, 0.15) is 29.2 Å². The van der Waals surface area contributed by atoms with Crippen molar-refractivity contribution in [3.63, 3.8) is 0 Å². The number of rotatable bonds is 6. The molecular weight excluding hydrogens is 385 g/mol. The number of hydrogen-bond donors (Lipinski definition) is 1. The van der Waals surface area contributed by atoms with Crippen LogP contribution in [0.4, 0.5) is 4.39 Å². The van der Waals surface area contributed by atoms with Crippen LogP contribution in [-0.2, 0) is 6.54 Å². The molecule has 0 spiro atoms. The van der Waals surface area contributed by atoms with E-state index in [4.69, 9.17) is 11.6 Å². The van der Waals surface area contributed by atoms with E-state index in [2.05, 4.69) is 15.4 Å². The Labute approximate surface area is 164 Å². The van der Waals surface area contributed by atoms with Crippen molar-refractivity contribution in [3.8, 4) is 11.4 Å². The zero-order valence-corrected chi connectivity index (χ0v) is 15.6. The van der Waals surface area contributed by atoms with Crippen LogP contribution in [0.5, 0.6) is 0 Å². The van der Waals surface area contributed by atoms with Crippen molar-refractivity contribution >= 4 is 17.5 Å². The lowest BCUT2D eigenvalue weighted by atomic mass is 10.2. The van der Waals surface area contributed by atoms with E-state index in [9.17, 15) is 14.0 Å². The Morgan fingerprint density at radius 3 is 2.79 bits per heavy atom. The molecule has 7 nitrogen and oxygen atoms in total. The summed E-state index contributed by atoms with van der Waals surface area (Å²) in [5.41, 5.74) is 0.308. The van der Waals surface area contributed by atoms with Crippen LogP contribution < -0.4 is 11.0 Å². The van der Waals surface area contributed by atoms with Crippen molar-refractivity contribution in [3.05, 3.63) is 69.6 Å². The molecule has 0 aliphatic heterocycles. The van der Waals surface area contributed by atoms with E-state index < -0.39 is 11.7 Å². The van der Waals surface area contributed by atoms with Gasteiger partial charge in [-0.2, -0.15) is 0 Å². The number of halogens is 2. The van der Waals surface area contributed by atoms with Gasteiger partial charge in [0.05, 0.1) is 17.1 Å². The summed E-state index contributed by atoms with van der Waals surface area (Å²) in [5.74, 6) is -0.770. The van der Waals surface area contributed by atoms with Crippen LogP contribution in [0.3, 0.4) is 0 Å². The van der Waals surface area contributed by atoms with E-state index in [1.165, 1.54) is 22.9 Å². The third-order valence-corrected chi connectivity index (χ3v) is 4.82. The molecule has 3 aromatic rings. The van der Waals surface area contributed by atoms with Gasteiger partial charge in [-0.05, 0) is 37.1 Å². The molecule has 2 aromatic heterocycles. The summed E-state index contributed by atoms with van der Waals surface area (Å²) >= 11 is 5.90. The normalized spacial score (nSPS) is 13.5. The number of carbonyl (C=O) groups excluding carboxylic acids is 1. The minimum atomic E-state index is -0.695. The summed E-state index contributed by atoms with van der Waals surface area (Å²) in [4.78, 5) is 29.1. The standard InChI is InChI=1S/C19H17ClFN5O2/c20-14-4-1-5-15(21)16(14)18(27)23-9-10-25-19(28)26(13-6-7-13)17(24-25)12-3-2-8-22-11-12/h1-5,8,11,13H,6-7,9-10H2,(H,23,27). The predicted octanol–water partition coefficient (Wildman–Crippen LogP) is 2.66. The number of pyridine rings is 1. The molecule has 0 radical (unpaired) electrons. The van der Waals surface area contributed by atoms with Crippen molar-refractivity contribution in [1.29, 1.82) is 0 Å². The predicted molar refractivity (Wildman–Crippen MR) is 102 cm³/mol. The highest BCUT2D eigenvalue weighted by Crippen LogP contribution is 2.36. The SMILES string of the molecule is O=C(NCCn1nc(-c2cccnc2)n(C2CC2)c1=O)c1c(F)cccc1Cl. The molecule has 1 aromatic carbocycles. The number of aromatic nitrogens is 4. The van der Waals surface area contributed by atoms with Gasteiger partial charge in [0.1, 0.15) is 5.82 Å². The number of hydrogen-bond acceptors (Lipinski definition) is 4. The largest absolute Gasteiger partial charge is 0.350 e. The molecule has 0 atom stereocenters. The quantitative estimate of drug-likeness (QED) is 0.688. The molecule has 1 fully saturated rings. The molecule has 1 aliphatic carbocycles. The molecule has 4 rings (SSSR count). The highest BCUT2D eigenvalue weighted by Gasteiger charge is 2.30.